The molecule has 0 saturated heterocycles. The number of hydrogen-bond donors (Lipinski definition) is 0. The summed E-state index contributed by atoms with van der Waals surface area (Å²) >= 11 is 2.33. The monoisotopic (exact) mass is 320 g/mol. The number of nitrogens with zero attached hydrogens (tertiary/aromatic N) is 2. The predicted molar refractivity (Wildman–Crippen MR) is 73.8 cm³/mol. The number of rotatable bonds is 1. The van der Waals surface area contributed by atoms with Crippen molar-refractivity contribution in [3.8, 4) is 5.82 Å². The molecule has 0 atom stereocenters. The molecule has 0 N–H and O–H groups in total. The van der Waals surface area contributed by atoms with Crippen molar-refractivity contribution >= 4 is 33.5 Å². The van der Waals surface area contributed by atoms with Gasteiger partial charge in [-0.25, -0.2) is 4.98 Å². The Morgan fingerprint density at radius 3 is 2.81 bits per heavy atom. The van der Waals surface area contributed by atoms with E-state index in [-0.39, 0.29) is 0 Å². The molecule has 0 saturated carbocycles. The lowest BCUT2D eigenvalue weighted by Crippen LogP contribution is -1.93. The molecule has 0 fully saturated rings. The van der Waals surface area contributed by atoms with E-state index >= 15 is 0 Å². The van der Waals surface area contributed by atoms with Crippen LogP contribution in [0.25, 0.3) is 16.7 Å². The highest BCUT2D eigenvalue weighted by Gasteiger charge is 2.03. The molecular weight excluding hydrogens is 311 g/mol. The van der Waals surface area contributed by atoms with Gasteiger partial charge in [0.05, 0.1) is 5.52 Å². The first-order valence-electron chi connectivity index (χ1n) is 5.02. The molecule has 0 unspecified atom stereocenters. The van der Waals surface area contributed by atoms with E-state index in [1.54, 1.807) is 0 Å². The van der Waals surface area contributed by atoms with E-state index in [0.29, 0.717) is 0 Å². The molecular formula is C13H9IN2. The fourth-order valence-corrected chi connectivity index (χ4v) is 2.32. The van der Waals surface area contributed by atoms with Crippen LogP contribution in [0.3, 0.4) is 0 Å². The summed E-state index contributed by atoms with van der Waals surface area (Å²) in [6.07, 6.45) is 3.87. The lowest BCUT2D eigenvalue weighted by molar-refractivity contribution is 1.04. The summed E-state index contributed by atoms with van der Waals surface area (Å²) in [5.41, 5.74) is 1.19. The van der Waals surface area contributed by atoms with Crippen LogP contribution in [0.4, 0.5) is 0 Å². The summed E-state index contributed by atoms with van der Waals surface area (Å²) in [5.74, 6) is 0.957. The second-order valence-electron chi connectivity index (χ2n) is 3.58. The molecule has 2 aromatic heterocycles. The fraction of sp³-hybridized carbons (Fsp3) is 0. The second kappa shape index (κ2) is 3.90. The van der Waals surface area contributed by atoms with Gasteiger partial charge in [-0.3, -0.25) is 0 Å². The summed E-state index contributed by atoms with van der Waals surface area (Å²) in [6, 6.07) is 14.5. The highest BCUT2D eigenvalue weighted by atomic mass is 127. The Morgan fingerprint density at radius 2 is 2.00 bits per heavy atom. The fourth-order valence-electron chi connectivity index (χ4n) is 1.81. The van der Waals surface area contributed by atoms with Crippen molar-refractivity contribution in [2.75, 3.05) is 0 Å². The minimum absolute atomic E-state index is 0.957. The van der Waals surface area contributed by atoms with Crippen LogP contribution in [-0.2, 0) is 0 Å². The van der Waals surface area contributed by atoms with Gasteiger partial charge in [-0.05, 0) is 59.0 Å². The third kappa shape index (κ3) is 1.61. The van der Waals surface area contributed by atoms with Crippen LogP contribution in [0.15, 0.2) is 54.9 Å². The van der Waals surface area contributed by atoms with Gasteiger partial charge in [-0.1, -0.05) is 6.07 Å². The van der Waals surface area contributed by atoms with Crippen LogP contribution < -0.4 is 0 Å². The molecule has 0 aliphatic heterocycles. The summed E-state index contributed by atoms with van der Waals surface area (Å²) in [6.45, 7) is 0. The Hall–Kier alpha value is -1.36. The third-order valence-electron chi connectivity index (χ3n) is 2.55. The molecule has 0 spiro atoms. The molecule has 3 rings (SSSR count). The summed E-state index contributed by atoms with van der Waals surface area (Å²) in [4.78, 5) is 4.35. The maximum absolute atomic E-state index is 4.35. The number of fused-ring (bicyclic) bond motifs is 1. The quantitative estimate of drug-likeness (QED) is 0.626. The van der Waals surface area contributed by atoms with Crippen LogP contribution in [0.2, 0.25) is 0 Å². The summed E-state index contributed by atoms with van der Waals surface area (Å²) in [5, 5.41) is 1.25. The van der Waals surface area contributed by atoms with Gasteiger partial charge in [-0.15, -0.1) is 0 Å². The van der Waals surface area contributed by atoms with Gasteiger partial charge in [0.2, 0.25) is 0 Å². The molecule has 1 aromatic carbocycles. The molecule has 0 bridgehead atoms. The zero-order valence-corrected chi connectivity index (χ0v) is 10.6. The van der Waals surface area contributed by atoms with E-state index in [2.05, 4.69) is 62.6 Å². The highest BCUT2D eigenvalue weighted by molar-refractivity contribution is 14.1. The van der Waals surface area contributed by atoms with Gasteiger partial charge < -0.3 is 4.57 Å². The zero-order chi connectivity index (χ0) is 11.0. The van der Waals surface area contributed by atoms with Crippen LogP contribution >= 0.6 is 22.6 Å². The van der Waals surface area contributed by atoms with Crippen molar-refractivity contribution in [3.63, 3.8) is 0 Å². The van der Waals surface area contributed by atoms with Gasteiger partial charge in [-0.2, -0.15) is 0 Å². The molecule has 0 amide bonds. The van der Waals surface area contributed by atoms with Crippen molar-refractivity contribution in [1.82, 2.24) is 9.55 Å². The predicted octanol–water partition coefficient (Wildman–Crippen LogP) is 3.63. The molecule has 0 aliphatic carbocycles. The molecule has 0 radical (unpaired) electrons. The molecule has 0 aliphatic rings. The molecule has 3 aromatic rings. The third-order valence-corrected chi connectivity index (χ3v) is 3.22. The number of benzene rings is 1. The summed E-state index contributed by atoms with van der Waals surface area (Å²) in [7, 11) is 0. The number of halogens is 1. The maximum Gasteiger partial charge on any atom is 0.137 e. The maximum atomic E-state index is 4.35. The van der Waals surface area contributed by atoms with E-state index in [9.17, 15) is 0 Å². The Bertz CT molecular complexity index is 629. The van der Waals surface area contributed by atoms with Crippen LogP contribution in [0, 0.1) is 3.57 Å². The van der Waals surface area contributed by atoms with Crippen molar-refractivity contribution < 1.29 is 0 Å². The van der Waals surface area contributed by atoms with Crippen molar-refractivity contribution in [2.24, 2.45) is 0 Å². The van der Waals surface area contributed by atoms with E-state index in [1.807, 2.05) is 24.4 Å². The van der Waals surface area contributed by atoms with E-state index in [1.165, 1.54) is 14.5 Å². The number of hydrogen-bond acceptors (Lipinski definition) is 1. The van der Waals surface area contributed by atoms with Crippen molar-refractivity contribution in [2.45, 2.75) is 0 Å². The number of pyridine rings is 1. The van der Waals surface area contributed by atoms with Gasteiger partial charge in [0, 0.05) is 21.4 Å². The van der Waals surface area contributed by atoms with Gasteiger partial charge in [0.25, 0.3) is 0 Å². The normalized spacial score (nSPS) is 10.8. The van der Waals surface area contributed by atoms with Crippen LogP contribution in [0.5, 0.6) is 0 Å². The summed E-state index contributed by atoms with van der Waals surface area (Å²) < 4.78 is 3.36. The molecule has 2 nitrogen and oxygen atoms in total. The topological polar surface area (TPSA) is 17.8 Å². The lowest BCUT2D eigenvalue weighted by Gasteiger charge is -2.03. The van der Waals surface area contributed by atoms with Gasteiger partial charge in [0.15, 0.2) is 0 Å². The highest BCUT2D eigenvalue weighted by Crippen LogP contribution is 2.21. The largest absolute Gasteiger partial charge is 0.301 e. The van der Waals surface area contributed by atoms with Gasteiger partial charge >= 0.3 is 0 Å². The molecule has 16 heavy (non-hydrogen) atoms. The molecule has 3 heteroatoms. The van der Waals surface area contributed by atoms with Crippen molar-refractivity contribution in [3.05, 3.63) is 58.4 Å². The minimum atomic E-state index is 0.957. The minimum Gasteiger partial charge on any atom is -0.301 e. The van der Waals surface area contributed by atoms with E-state index in [4.69, 9.17) is 0 Å². The first-order valence-corrected chi connectivity index (χ1v) is 6.10. The Labute approximate surface area is 107 Å². The molecule has 2 heterocycles. The lowest BCUT2D eigenvalue weighted by atomic mass is 10.2. The Balaban J connectivity index is 2.26. The second-order valence-corrected chi connectivity index (χ2v) is 4.82. The average Bonchev–Trinajstić information content (AvgIpc) is 2.73. The van der Waals surface area contributed by atoms with Crippen LogP contribution in [-0.4, -0.2) is 9.55 Å². The standard InChI is InChI=1S/C13H9IN2/c14-11-4-5-12-10(9-11)6-8-16(12)13-3-1-2-7-15-13/h1-9H. The Morgan fingerprint density at radius 1 is 1.06 bits per heavy atom. The van der Waals surface area contributed by atoms with E-state index in [0.717, 1.165) is 5.82 Å². The molecule has 78 valence electrons. The zero-order valence-electron chi connectivity index (χ0n) is 8.47. The number of aromatic nitrogens is 2. The first kappa shape index (κ1) is 9.84. The van der Waals surface area contributed by atoms with Gasteiger partial charge in [0.1, 0.15) is 5.82 Å². The SMILES string of the molecule is Ic1ccc2c(ccn2-c2ccccn2)c1. The van der Waals surface area contributed by atoms with Crippen LogP contribution in [0.1, 0.15) is 0 Å². The smallest absolute Gasteiger partial charge is 0.137 e. The van der Waals surface area contributed by atoms with E-state index < -0.39 is 0 Å². The Kier molecular flexibility index (Phi) is 2.40. The first-order chi connectivity index (χ1) is 7.84. The van der Waals surface area contributed by atoms with Crippen molar-refractivity contribution in [1.29, 1.82) is 0 Å². The average molecular weight is 320 g/mol.